The number of aromatic nitrogens is 3. The lowest BCUT2D eigenvalue weighted by atomic mass is 10.1. The number of halogens is 2. The average molecular weight is 390 g/mol. The molecule has 0 amide bonds. The van der Waals surface area contributed by atoms with E-state index in [0.29, 0.717) is 15.8 Å². The fourth-order valence-corrected chi connectivity index (χ4v) is 3.82. The van der Waals surface area contributed by atoms with Gasteiger partial charge in [-0.3, -0.25) is 4.40 Å². The van der Waals surface area contributed by atoms with Crippen LogP contribution in [-0.4, -0.2) is 14.4 Å². The van der Waals surface area contributed by atoms with Gasteiger partial charge >= 0.3 is 0 Å². The van der Waals surface area contributed by atoms with E-state index in [1.807, 2.05) is 54.6 Å². The molecule has 0 saturated carbocycles. The summed E-state index contributed by atoms with van der Waals surface area (Å²) in [6.45, 7) is 0. The van der Waals surface area contributed by atoms with Crippen LogP contribution in [0.1, 0.15) is 0 Å². The number of nitrogens with zero attached hydrogens (tertiary/aromatic N) is 3. The third-order valence-corrected chi connectivity index (χ3v) is 5.10. The van der Waals surface area contributed by atoms with Gasteiger partial charge in [-0.05, 0) is 42.0 Å². The summed E-state index contributed by atoms with van der Waals surface area (Å²) in [6, 6.07) is 25.7. The second kappa shape index (κ2) is 6.38. The minimum absolute atomic E-state index is 0.564. The largest absolute Gasteiger partial charge is 0.276 e. The molecule has 5 heteroatoms. The maximum Gasteiger partial charge on any atom is 0.235 e. The Labute approximate surface area is 165 Å². The summed E-state index contributed by atoms with van der Waals surface area (Å²) >= 11 is 12.5. The van der Waals surface area contributed by atoms with E-state index in [0.717, 1.165) is 33.5 Å². The number of benzene rings is 3. The van der Waals surface area contributed by atoms with E-state index in [9.17, 15) is 0 Å². The van der Waals surface area contributed by atoms with Crippen LogP contribution in [0.2, 0.25) is 10.0 Å². The van der Waals surface area contributed by atoms with Gasteiger partial charge in [0.25, 0.3) is 0 Å². The summed E-state index contributed by atoms with van der Waals surface area (Å²) in [5.41, 5.74) is 5.61. The van der Waals surface area contributed by atoms with Crippen molar-refractivity contribution >= 4 is 40.0 Å². The SMILES string of the molecule is Clc1ccc(-c2cc(-c3ccccc3)n3c(n2)nc2ccccc23)c(Cl)c1. The minimum atomic E-state index is 0.564. The lowest BCUT2D eigenvalue weighted by molar-refractivity contribution is 1.14. The summed E-state index contributed by atoms with van der Waals surface area (Å²) in [5.74, 6) is 0.638. The molecule has 2 aromatic heterocycles. The number of hydrogen-bond acceptors (Lipinski definition) is 2. The molecule has 5 rings (SSSR count). The van der Waals surface area contributed by atoms with Crippen molar-refractivity contribution in [3.05, 3.63) is 88.9 Å². The van der Waals surface area contributed by atoms with Gasteiger partial charge in [0.2, 0.25) is 5.78 Å². The zero-order chi connectivity index (χ0) is 18.4. The first-order valence-corrected chi connectivity index (χ1v) is 9.25. The van der Waals surface area contributed by atoms with Crippen molar-refractivity contribution in [2.24, 2.45) is 0 Å². The number of imidazole rings is 1. The fourth-order valence-electron chi connectivity index (χ4n) is 3.32. The lowest BCUT2D eigenvalue weighted by Gasteiger charge is -2.11. The van der Waals surface area contributed by atoms with Crippen LogP contribution in [0.3, 0.4) is 0 Å². The lowest BCUT2D eigenvalue weighted by Crippen LogP contribution is -1.97. The van der Waals surface area contributed by atoms with Gasteiger partial charge in [0, 0.05) is 10.6 Å². The molecule has 0 N–H and O–H groups in total. The van der Waals surface area contributed by atoms with Gasteiger partial charge in [0.05, 0.1) is 27.4 Å². The van der Waals surface area contributed by atoms with Crippen LogP contribution in [0.25, 0.3) is 39.3 Å². The van der Waals surface area contributed by atoms with Crippen molar-refractivity contribution in [1.29, 1.82) is 0 Å². The van der Waals surface area contributed by atoms with Gasteiger partial charge < -0.3 is 0 Å². The third kappa shape index (κ3) is 2.76. The van der Waals surface area contributed by atoms with Crippen LogP contribution < -0.4 is 0 Å². The number of para-hydroxylation sites is 2. The van der Waals surface area contributed by atoms with E-state index in [1.54, 1.807) is 6.07 Å². The average Bonchev–Trinajstić information content (AvgIpc) is 3.06. The normalized spacial score (nSPS) is 11.3. The molecule has 0 atom stereocenters. The van der Waals surface area contributed by atoms with Crippen molar-refractivity contribution in [3.8, 4) is 22.5 Å². The molecule has 3 aromatic carbocycles. The standard InChI is InChI=1S/C22H13Cl2N3/c23-15-10-11-16(17(24)12-15)19-13-21(14-6-2-1-3-7-14)27-20-9-5-4-8-18(20)25-22(27)26-19/h1-13H. The van der Waals surface area contributed by atoms with Crippen LogP contribution in [0.5, 0.6) is 0 Å². The van der Waals surface area contributed by atoms with Gasteiger partial charge in [-0.2, -0.15) is 0 Å². The smallest absolute Gasteiger partial charge is 0.235 e. The van der Waals surface area contributed by atoms with E-state index in [4.69, 9.17) is 33.2 Å². The summed E-state index contributed by atoms with van der Waals surface area (Å²) < 4.78 is 2.08. The molecule has 0 unspecified atom stereocenters. The Morgan fingerprint density at radius 2 is 1.52 bits per heavy atom. The number of hydrogen-bond donors (Lipinski definition) is 0. The first-order chi connectivity index (χ1) is 13.2. The first kappa shape index (κ1) is 16.3. The van der Waals surface area contributed by atoms with Crippen molar-refractivity contribution in [2.75, 3.05) is 0 Å². The molecule has 0 aliphatic rings. The van der Waals surface area contributed by atoms with Crippen LogP contribution in [0.4, 0.5) is 0 Å². The van der Waals surface area contributed by atoms with E-state index < -0.39 is 0 Å². The zero-order valence-electron chi connectivity index (χ0n) is 14.1. The molecule has 0 aliphatic carbocycles. The van der Waals surface area contributed by atoms with E-state index in [-0.39, 0.29) is 0 Å². The van der Waals surface area contributed by atoms with Gasteiger partial charge in [-0.25, -0.2) is 9.97 Å². The predicted octanol–water partition coefficient (Wildman–Crippen LogP) is 6.52. The van der Waals surface area contributed by atoms with Crippen LogP contribution in [-0.2, 0) is 0 Å². The fraction of sp³-hybridized carbons (Fsp3) is 0. The molecule has 0 radical (unpaired) electrons. The zero-order valence-corrected chi connectivity index (χ0v) is 15.6. The number of rotatable bonds is 2. The first-order valence-electron chi connectivity index (χ1n) is 8.50. The van der Waals surface area contributed by atoms with Crippen LogP contribution >= 0.6 is 23.2 Å². The Kier molecular flexibility index (Phi) is 3.85. The Hall–Kier alpha value is -2.88. The van der Waals surface area contributed by atoms with E-state index >= 15 is 0 Å². The van der Waals surface area contributed by atoms with Gasteiger partial charge in [-0.1, -0.05) is 65.7 Å². The molecule has 3 nitrogen and oxygen atoms in total. The van der Waals surface area contributed by atoms with E-state index in [2.05, 4.69) is 22.6 Å². The maximum atomic E-state index is 6.44. The van der Waals surface area contributed by atoms with Crippen molar-refractivity contribution in [3.63, 3.8) is 0 Å². The Morgan fingerprint density at radius 1 is 0.741 bits per heavy atom. The monoisotopic (exact) mass is 389 g/mol. The minimum Gasteiger partial charge on any atom is -0.276 e. The molecule has 0 bridgehead atoms. The summed E-state index contributed by atoms with van der Waals surface area (Å²) in [4.78, 5) is 9.50. The Bertz CT molecular complexity index is 1290. The highest BCUT2D eigenvalue weighted by Gasteiger charge is 2.15. The molecule has 0 spiro atoms. The van der Waals surface area contributed by atoms with Gasteiger partial charge in [-0.15, -0.1) is 0 Å². The summed E-state index contributed by atoms with van der Waals surface area (Å²) in [5, 5.41) is 1.16. The van der Waals surface area contributed by atoms with Gasteiger partial charge in [0.15, 0.2) is 0 Å². The van der Waals surface area contributed by atoms with Crippen molar-refractivity contribution < 1.29 is 0 Å². The predicted molar refractivity (Wildman–Crippen MR) is 111 cm³/mol. The molecule has 0 saturated heterocycles. The van der Waals surface area contributed by atoms with Crippen molar-refractivity contribution in [1.82, 2.24) is 14.4 Å². The maximum absolute atomic E-state index is 6.44. The van der Waals surface area contributed by atoms with Gasteiger partial charge in [0.1, 0.15) is 0 Å². The molecular formula is C22H13Cl2N3. The molecule has 130 valence electrons. The highest BCUT2D eigenvalue weighted by molar-refractivity contribution is 6.36. The highest BCUT2D eigenvalue weighted by Crippen LogP contribution is 2.33. The molecule has 0 aliphatic heterocycles. The molecule has 2 heterocycles. The number of fused-ring (bicyclic) bond motifs is 3. The molecule has 5 aromatic rings. The second-order valence-electron chi connectivity index (χ2n) is 6.25. The van der Waals surface area contributed by atoms with E-state index in [1.165, 1.54) is 0 Å². The quantitative estimate of drug-likeness (QED) is 0.343. The molecular weight excluding hydrogens is 377 g/mol. The topological polar surface area (TPSA) is 30.2 Å². The highest BCUT2D eigenvalue weighted by atomic mass is 35.5. The van der Waals surface area contributed by atoms with Crippen LogP contribution in [0.15, 0.2) is 78.9 Å². The summed E-state index contributed by atoms with van der Waals surface area (Å²) in [7, 11) is 0. The Balaban J connectivity index is 1.88. The van der Waals surface area contributed by atoms with Crippen LogP contribution in [0, 0.1) is 0 Å². The second-order valence-corrected chi connectivity index (χ2v) is 7.10. The molecule has 0 fully saturated rings. The molecule has 27 heavy (non-hydrogen) atoms. The van der Waals surface area contributed by atoms with Crippen molar-refractivity contribution in [2.45, 2.75) is 0 Å². The Morgan fingerprint density at radius 3 is 2.33 bits per heavy atom. The summed E-state index contributed by atoms with van der Waals surface area (Å²) in [6.07, 6.45) is 0. The third-order valence-electron chi connectivity index (χ3n) is 4.55.